The van der Waals surface area contributed by atoms with Crippen LogP contribution in [0.3, 0.4) is 0 Å². The average molecular weight is 239 g/mol. The van der Waals surface area contributed by atoms with Gasteiger partial charge in [-0.05, 0) is 5.92 Å². The standard InChI is InChI=1S/C12H21N3O2/c1-9(2)6-14-4-5-15-10(7-14)12(17)13(3)8-11(15)16/h9-10H,4-8H2,1-3H3/t10-/m1/s1. The van der Waals surface area contributed by atoms with E-state index < -0.39 is 0 Å². The second-order valence-electron chi connectivity index (χ2n) is 5.45. The molecule has 0 spiro atoms. The van der Waals surface area contributed by atoms with Gasteiger partial charge in [0.1, 0.15) is 6.04 Å². The predicted octanol–water partition coefficient (Wildman–Crippen LogP) is -0.373. The van der Waals surface area contributed by atoms with Gasteiger partial charge in [-0.1, -0.05) is 13.8 Å². The van der Waals surface area contributed by atoms with Crippen molar-refractivity contribution in [1.82, 2.24) is 14.7 Å². The Morgan fingerprint density at radius 2 is 2.00 bits per heavy atom. The Balaban J connectivity index is 2.06. The second-order valence-corrected chi connectivity index (χ2v) is 5.45. The molecule has 0 aromatic carbocycles. The van der Waals surface area contributed by atoms with Crippen molar-refractivity contribution in [3.63, 3.8) is 0 Å². The zero-order valence-corrected chi connectivity index (χ0v) is 10.8. The highest BCUT2D eigenvalue weighted by molar-refractivity contribution is 5.95. The van der Waals surface area contributed by atoms with Crippen LogP contribution >= 0.6 is 0 Å². The van der Waals surface area contributed by atoms with Crippen molar-refractivity contribution in [3.8, 4) is 0 Å². The van der Waals surface area contributed by atoms with Crippen LogP contribution < -0.4 is 0 Å². The predicted molar refractivity (Wildman–Crippen MR) is 64.4 cm³/mol. The van der Waals surface area contributed by atoms with Gasteiger partial charge in [0.05, 0.1) is 6.54 Å². The summed E-state index contributed by atoms with van der Waals surface area (Å²) in [6.45, 7) is 7.84. The van der Waals surface area contributed by atoms with E-state index in [1.54, 1.807) is 16.8 Å². The lowest BCUT2D eigenvalue weighted by Gasteiger charge is -2.45. The Morgan fingerprint density at radius 1 is 1.29 bits per heavy atom. The lowest BCUT2D eigenvalue weighted by atomic mass is 10.1. The third-order valence-electron chi connectivity index (χ3n) is 3.44. The van der Waals surface area contributed by atoms with Gasteiger partial charge in [-0.2, -0.15) is 0 Å². The maximum atomic E-state index is 12.0. The summed E-state index contributed by atoms with van der Waals surface area (Å²) >= 11 is 0. The van der Waals surface area contributed by atoms with Gasteiger partial charge in [0.25, 0.3) is 0 Å². The van der Waals surface area contributed by atoms with Gasteiger partial charge in [-0.25, -0.2) is 0 Å². The molecule has 2 amide bonds. The van der Waals surface area contributed by atoms with Gasteiger partial charge in [0, 0.05) is 33.2 Å². The molecule has 0 aromatic rings. The lowest BCUT2D eigenvalue weighted by molar-refractivity contribution is -0.158. The number of carbonyl (C=O) groups is 2. The van der Waals surface area contributed by atoms with Crippen LogP contribution in [0.2, 0.25) is 0 Å². The van der Waals surface area contributed by atoms with Crippen LogP contribution in [0.25, 0.3) is 0 Å². The van der Waals surface area contributed by atoms with Gasteiger partial charge >= 0.3 is 0 Å². The molecule has 2 fully saturated rings. The van der Waals surface area contributed by atoms with Crippen molar-refractivity contribution >= 4 is 11.8 Å². The Kier molecular flexibility index (Phi) is 3.38. The summed E-state index contributed by atoms with van der Waals surface area (Å²) < 4.78 is 0. The van der Waals surface area contributed by atoms with Crippen molar-refractivity contribution in [2.75, 3.05) is 39.8 Å². The van der Waals surface area contributed by atoms with E-state index in [1.165, 1.54) is 0 Å². The van der Waals surface area contributed by atoms with Crippen LogP contribution in [0.15, 0.2) is 0 Å². The van der Waals surface area contributed by atoms with Crippen molar-refractivity contribution in [2.45, 2.75) is 19.9 Å². The van der Waals surface area contributed by atoms with Crippen LogP contribution in [0.5, 0.6) is 0 Å². The SMILES string of the molecule is CC(C)CN1CCN2C(=O)CN(C)C(=O)[C@H]2C1. The molecule has 0 bridgehead atoms. The van der Waals surface area contributed by atoms with E-state index >= 15 is 0 Å². The zero-order valence-electron chi connectivity index (χ0n) is 10.8. The monoisotopic (exact) mass is 239 g/mol. The summed E-state index contributed by atoms with van der Waals surface area (Å²) in [5.41, 5.74) is 0. The lowest BCUT2D eigenvalue weighted by Crippen LogP contribution is -2.66. The van der Waals surface area contributed by atoms with Crippen LogP contribution in [0, 0.1) is 5.92 Å². The molecule has 5 nitrogen and oxygen atoms in total. The molecule has 0 saturated carbocycles. The Bertz CT molecular complexity index is 330. The first-order valence-electron chi connectivity index (χ1n) is 6.26. The fourth-order valence-electron chi connectivity index (χ4n) is 2.66. The van der Waals surface area contributed by atoms with E-state index in [9.17, 15) is 9.59 Å². The molecule has 0 radical (unpaired) electrons. The van der Waals surface area contributed by atoms with E-state index in [4.69, 9.17) is 0 Å². The van der Waals surface area contributed by atoms with Crippen LogP contribution in [-0.2, 0) is 9.59 Å². The van der Waals surface area contributed by atoms with Gasteiger partial charge in [0.2, 0.25) is 11.8 Å². The quantitative estimate of drug-likeness (QED) is 0.660. The number of hydrogen-bond acceptors (Lipinski definition) is 3. The number of amides is 2. The van der Waals surface area contributed by atoms with E-state index in [-0.39, 0.29) is 24.4 Å². The summed E-state index contributed by atoms with van der Waals surface area (Å²) in [6, 6.07) is -0.256. The summed E-state index contributed by atoms with van der Waals surface area (Å²) in [7, 11) is 1.71. The molecule has 1 atom stereocenters. The summed E-state index contributed by atoms with van der Waals surface area (Å²) in [6.07, 6.45) is 0. The van der Waals surface area contributed by atoms with Crippen LogP contribution in [-0.4, -0.2) is 72.3 Å². The number of hydrogen-bond donors (Lipinski definition) is 0. The van der Waals surface area contributed by atoms with E-state index in [0.29, 0.717) is 19.0 Å². The molecule has 0 aromatic heterocycles. The van der Waals surface area contributed by atoms with Crippen molar-refractivity contribution in [3.05, 3.63) is 0 Å². The largest absolute Gasteiger partial charge is 0.335 e. The summed E-state index contributed by atoms with van der Waals surface area (Å²) in [5, 5.41) is 0. The molecule has 2 saturated heterocycles. The molecule has 2 heterocycles. The summed E-state index contributed by atoms with van der Waals surface area (Å²) in [4.78, 5) is 29.4. The minimum Gasteiger partial charge on any atom is -0.335 e. The minimum atomic E-state index is -0.256. The highest BCUT2D eigenvalue weighted by atomic mass is 16.2. The molecule has 0 unspecified atom stereocenters. The number of nitrogens with zero attached hydrogens (tertiary/aromatic N) is 3. The molecular formula is C12H21N3O2. The molecule has 2 aliphatic rings. The van der Waals surface area contributed by atoms with E-state index in [0.717, 1.165) is 13.1 Å². The maximum absolute atomic E-state index is 12.0. The highest BCUT2D eigenvalue weighted by Crippen LogP contribution is 2.17. The molecule has 2 aliphatic heterocycles. The molecule has 96 valence electrons. The number of piperazine rings is 2. The summed E-state index contributed by atoms with van der Waals surface area (Å²) in [5.74, 6) is 0.757. The topological polar surface area (TPSA) is 43.9 Å². The second kappa shape index (κ2) is 4.64. The highest BCUT2D eigenvalue weighted by Gasteiger charge is 2.40. The minimum absolute atomic E-state index is 0.0815. The van der Waals surface area contributed by atoms with E-state index in [2.05, 4.69) is 18.7 Å². The normalized spacial score (nSPS) is 26.7. The number of rotatable bonds is 2. The van der Waals surface area contributed by atoms with Crippen molar-refractivity contribution in [1.29, 1.82) is 0 Å². The Hall–Kier alpha value is -1.10. The molecule has 0 aliphatic carbocycles. The Labute approximate surface area is 102 Å². The first-order chi connectivity index (χ1) is 7.99. The Morgan fingerprint density at radius 3 is 2.65 bits per heavy atom. The fraction of sp³-hybridized carbons (Fsp3) is 0.833. The van der Waals surface area contributed by atoms with Crippen LogP contribution in [0.1, 0.15) is 13.8 Å². The number of likely N-dealkylation sites (N-methyl/N-ethyl adjacent to an activating group) is 1. The molecule has 0 N–H and O–H groups in total. The first-order valence-corrected chi connectivity index (χ1v) is 6.26. The number of carbonyl (C=O) groups excluding carboxylic acids is 2. The number of fused-ring (bicyclic) bond motifs is 1. The first kappa shape index (κ1) is 12.4. The third kappa shape index (κ3) is 2.44. The van der Waals surface area contributed by atoms with Gasteiger partial charge in [-0.3, -0.25) is 14.5 Å². The smallest absolute Gasteiger partial charge is 0.246 e. The van der Waals surface area contributed by atoms with E-state index in [1.807, 2.05) is 0 Å². The molecular weight excluding hydrogens is 218 g/mol. The van der Waals surface area contributed by atoms with Crippen LogP contribution in [0.4, 0.5) is 0 Å². The molecule has 5 heteroatoms. The maximum Gasteiger partial charge on any atom is 0.246 e. The molecule has 2 rings (SSSR count). The van der Waals surface area contributed by atoms with Crippen molar-refractivity contribution < 1.29 is 9.59 Å². The van der Waals surface area contributed by atoms with Gasteiger partial charge in [-0.15, -0.1) is 0 Å². The van der Waals surface area contributed by atoms with Gasteiger partial charge < -0.3 is 9.80 Å². The molecule has 17 heavy (non-hydrogen) atoms. The third-order valence-corrected chi connectivity index (χ3v) is 3.44. The average Bonchev–Trinajstić information content (AvgIpc) is 2.25. The van der Waals surface area contributed by atoms with Crippen molar-refractivity contribution in [2.24, 2.45) is 5.92 Å². The fourth-order valence-corrected chi connectivity index (χ4v) is 2.66. The van der Waals surface area contributed by atoms with Gasteiger partial charge in [0.15, 0.2) is 0 Å². The zero-order chi connectivity index (χ0) is 12.6.